The molecule has 2 aromatic heterocycles. The maximum Gasteiger partial charge on any atom is 0.262 e. The van der Waals surface area contributed by atoms with Crippen LogP contribution >= 0.6 is 0 Å². The summed E-state index contributed by atoms with van der Waals surface area (Å²) < 4.78 is 46.6. The molecule has 0 aliphatic carbocycles. The third-order valence-electron chi connectivity index (χ3n) is 4.72. The van der Waals surface area contributed by atoms with Crippen molar-refractivity contribution >= 4 is 15.7 Å². The van der Waals surface area contributed by atoms with Crippen LogP contribution in [0, 0.1) is 0 Å². The molecule has 1 N–H and O–H groups in total. The zero-order chi connectivity index (χ0) is 22.7. The number of rotatable bonds is 6. The maximum atomic E-state index is 12.8. The van der Waals surface area contributed by atoms with Crippen LogP contribution in [0.5, 0.6) is 23.1 Å². The first kappa shape index (κ1) is 20.8. The van der Waals surface area contributed by atoms with Gasteiger partial charge in [-0.25, -0.2) is 13.1 Å². The first-order chi connectivity index (χ1) is 16.1. The Kier molecular flexibility index (Phi) is 5.53. The third-order valence-corrected chi connectivity index (χ3v) is 6.10. The lowest BCUT2D eigenvalue weighted by molar-refractivity contribution is 0.297. The summed E-state index contributed by atoms with van der Waals surface area (Å²) in [5.41, 5.74) is 0.384. The number of nitrogens with zero attached hydrogens (tertiary/aromatic N) is 4. The van der Waals surface area contributed by atoms with E-state index < -0.39 is 10.0 Å². The molecule has 0 bridgehead atoms. The number of hydrogen-bond acceptors (Lipinski definition) is 8. The average molecular weight is 465 g/mol. The number of aromatic nitrogens is 4. The van der Waals surface area contributed by atoms with Gasteiger partial charge in [0.1, 0.15) is 5.75 Å². The van der Waals surface area contributed by atoms with E-state index in [0.717, 1.165) is 6.42 Å². The van der Waals surface area contributed by atoms with Crippen LogP contribution in [0.3, 0.4) is 0 Å². The summed E-state index contributed by atoms with van der Waals surface area (Å²) in [7, 11) is -3.81. The van der Waals surface area contributed by atoms with Crippen molar-refractivity contribution in [1.82, 2.24) is 20.0 Å². The number of hydrogen-bond donors (Lipinski definition) is 1. The second-order valence-corrected chi connectivity index (χ2v) is 8.75. The molecule has 0 unspecified atom stereocenters. The summed E-state index contributed by atoms with van der Waals surface area (Å²) in [6.45, 7) is 1.01. The van der Waals surface area contributed by atoms with Gasteiger partial charge in [-0.15, -0.1) is 10.2 Å². The van der Waals surface area contributed by atoms with E-state index in [0.29, 0.717) is 47.8 Å². The predicted molar refractivity (Wildman–Crippen MR) is 119 cm³/mol. The van der Waals surface area contributed by atoms with E-state index in [4.69, 9.17) is 14.2 Å². The van der Waals surface area contributed by atoms with E-state index >= 15 is 0 Å². The van der Waals surface area contributed by atoms with Gasteiger partial charge in [-0.3, -0.25) is 4.72 Å². The molecule has 11 heteroatoms. The summed E-state index contributed by atoms with van der Waals surface area (Å²) >= 11 is 0. The van der Waals surface area contributed by atoms with Crippen LogP contribution < -0.4 is 18.9 Å². The Morgan fingerprint density at radius 1 is 0.939 bits per heavy atom. The smallest absolute Gasteiger partial charge is 0.262 e. The minimum Gasteiger partial charge on any atom is -0.490 e. The molecule has 0 saturated carbocycles. The highest BCUT2D eigenvalue weighted by molar-refractivity contribution is 7.92. The van der Waals surface area contributed by atoms with Crippen LogP contribution in [-0.4, -0.2) is 41.6 Å². The predicted octanol–water partition coefficient (Wildman–Crippen LogP) is 3.42. The van der Waals surface area contributed by atoms with Crippen molar-refractivity contribution in [3.63, 3.8) is 0 Å². The number of benzene rings is 2. The molecule has 0 spiro atoms. The molecule has 0 radical (unpaired) electrons. The second kappa shape index (κ2) is 8.79. The Morgan fingerprint density at radius 2 is 1.76 bits per heavy atom. The summed E-state index contributed by atoms with van der Waals surface area (Å²) in [5.74, 6) is 2.29. The van der Waals surface area contributed by atoms with E-state index in [9.17, 15) is 8.42 Å². The maximum absolute atomic E-state index is 12.8. The minimum absolute atomic E-state index is 0.0830. The van der Waals surface area contributed by atoms with Gasteiger partial charge in [0.15, 0.2) is 17.3 Å². The van der Waals surface area contributed by atoms with Gasteiger partial charge >= 0.3 is 0 Å². The molecule has 33 heavy (non-hydrogen) atoms. The van der Waals surface area contributed by atoms with Gasteiger partial charge in [0.05, 0.1) is 18.1 Å². The number of nitrogens with one attached hydrogen (secondary N) is 1. The van der Waals surface area contributed by atoms with Crippen molar-refractivity contribution in [3.05, 3.63) is 73.1 Å². The van der Waals surface area contributed by atoms with E-state index in [-0.39, 0.29) is 4.90 Å². The minimum atomic E-state index is -3.81. The van der Waals surface area contributed by atoms with Crippen molar-refractivity contribution in [1.29, 1.82) is 0 Å². The normalized spacial score (nSPS) is 13.2. The monoisotopic (exact) mass is 465 g/mol. The highest BCUT2D eigenvalue weighted by Gasteiger charge is 2.19. The topological polar surface area (TPSA) is 117 Å². The molecule has 0 amide bonds. The summed E-state index contributed by atoms with van der Waals surface area (Å²) in [5, 5.41) is 12.2. The van der Waals surface area contributed by atoms with Crippen LogP contribution in [-0.2, 0) is 10.0 Å². The van der Waals surface area contributed by atoms with Gasteiger partial charge in [0.25, 0.3) is 10.0 Å². The number of sulfonamides is 1. The average Bonchev–Trinajstić information content (AvgIpc) is 3.26. The number of anilines is 1. The molecule has 0 atom stereocenters. The number of fused-ring (bicyclic) bond motifs is 1. The lowest BCUT2D eigenvalue weighted by Gasteiger charge is -2.12. The molecule has 10 nitrogen and oxygen atoms in total. The first-order valence-corrected chi connectivity index (χ1v) is 11.6. The molecular formula is C22H19N5O5S. The van der Waals surface area contributed by atoms with Gasteiger partial charge < -0.3 is 14.2 Å². The van der Waals surface area contributed by atoms with Gasteiger partial charge in [0.2, 0.25) is 5.88 Å². The summed E-state index contributed by atoms with van der Waals surface area (Å²) in [4.78, 5) is 0.0830. The zero-order valence-electron chi connectivity index (χ0n) is 17.3. The molecule has 3 heterocycles. The molecular weight excluding hydrogens is 446 g/mol. The molecule has 2 aromatic carbocycles. The fourth-order valence-corrected chi connectivity index (χ4v) is 4.20. The quantitative estimate of drug-likeness (QED) is 0.460. The Balaban J connectivity index is 1.26. The van der Waals surface area contributed by atoms with Crippen molar-refractivity contribution in [2.75, 3.05) is 17.9 Å². The summed E-state index contributed by atoms with van der Waals surface area (Å²) in [6.07, 6.45) is 4.15. The summed E-state index contributed by atoms with van der Waals surface area (Å²) in [6, 6.07) is 16.2. The zero-order valence-corrected chi connectivity index (χ0v) is 18.1. The van der Waals surface area contributed by atoms with Crippen LogP contribution in [0.2, 0.25) is 0 Å². The van der Waals surface area contributed by atoms with Crippen LogP contribution in [0.25, 0.3) is 5.82 Å². The van der Waals surface area contributed by atoms with Gasteiger partial charge in [-0.1, -0.05) is 0 Å². The fourth-order valence-electron chi connectivity index (χ4n) is 3.13. The van der Waals surface area contributed by atoms with E-state index in [2.05, 4.69) is 20.0 Å². The van der Waals surface area contributed by atoms with Crippen molar-refractivity contribution < 1.29 is 22.6 Å². The Labute approximate surface area is 189 Å². The highest BCUT2D eigenvalue weighted by atomic mass is 32.2. The Hall–Kier alpha value is -4.12. The van der Waals surface area contributed by atoms with Crippen molar-refractivity contribution in [2.24, 2.45) is 0 Å². The van der Waals surface area contributed by atoms with Gasteiger partial charge in [-0.2, -0.15) is 5.10 Å². The van der Waals surface area contributed by atoms with Crippen LogP contribution in [0.15, 0.2) is 78.0 Å². The second-order valence-electron chi connectivity index (χ2n) is 7.07. The molecule has 168 valence electrons. The molecule has 5 rings (SSSR count). The van der Waals surface area contributed by atoms with Gasteiger partial charge in [-0.05, 0) is 48.5 Å². The van der Waals surface area contributed by atoms with E-state index in [1.54, 1.807) is 65.6 Å². The molecule has 0 fully saturated rings. The highest BCUT2D eigenvalue weighted by Crippen LogP contribution is 2.32. The molecule has 4 aromatic rings. The molecule has 0 saturated heterocycles. The fraction of sp³-hybridized carbons (Fsp3) is 0.136. The molecule has 1 aliphatic rings. The van der Waals surface area contributed by atoms with Crippen molar-refractivity contribution in [2.45, 2.75) is 11.3 Å². The lowest BCUT2D eigenvalue weighted by Crippen LogP contribution is -2.13. The third kappa shape index (κ3) is 4.72. The molecule has 1 aliphatic heterocycles. The van der Waals surface area contributed by atoms with Crippen LogP contribution in [0.1, 0.15) is 6.42 Å². The Bertz CT molecular complexity index is 1340. The van der Waals surface area contributed by atoms with Crippen molar-refractivity contribution in [3.8, 4) is 28.9 Å². The SMILES string of the molecule is O=S(=O)(Nc1ccc(Oc2ccc(-n3cccn3)nn2)cc1)c1ccc2c(c1)OCCCO2. The largest absolute Gasteiger partial charge is 0.490 e. The van der Waals surface area contributed by atoms with Crippen LogP contribution in [0.4, 0.5) is 5.69 Å². The van der Waals surface area contributed by atoms with E-state index in [1.165, 1.54) is 12.1 Å². The van der Waals surface area contributed by atoms with Gasteiger partial charge in [0, 0.05) is 36.6 Å². The van der Waals surface area contributed by atoms with E-state index in [1.807, 2.05) is 0 Å². The standard InChI is InChI=1S/C22H19N5O5S/c28-33(29,18-7-8-19-20(15-18)31-14-2-13-30-19)26-16-3-5-17(6-4-16)32-22-10-9-21(24-25-22)27-12-1-11-23-27/h1,3-12,15,26H,2,13-14H2. The first-order valence-electron chi connectivity index (χ1n) is 10.1. The lowest BCUT2D eigenvalue weighted by atomic mass is 10.3. The number of ether oxygens (including phenoxy) is 3. The Morgan fingerprint density at radius 3 is 2.48 bits per heavy atom.